The maximum absolute atomic E-state index is 11.5. The van der Waals surface area contributed by atoms with Crippen LogP contribution in [-0.4, -0.2) is 17.3 Å². The lowest BCUT2D eigenvalue weighted by atomic mass is 9.92. The quantitative estimate of drug-likeness (QED) is 0.509. The van der Waals surface area contributed by atoms with E-state index >= 15 is 0 Å². The lowest BCUT2D eigenvalue weighted by Gasteiger charge is -2.09. The molecular formula is C11H16O3. The third-order valence-corrected chi connectivity index (χ3v) is 2.66. The van der Waals surface area contributed by atoms with Crippen LogP contribution in [0.4, 0.5) is 0 Å². The number of carbonyl (C=O) groups is 3. The van der Waals surface area contributed by atoms with Gasteiger partial charge in [-0.2, -0.15) is 0 Å². The van der Waals surface area contributed by atoms with Gasteiger partial charge in [-0.3, -0.25) is 9.59 Å². The Labute approximate surface area is 83.9 Å². The van der Waals surface area contributed by atoms with Crippen LogP contribution in [0.1, 0.15) is 45.4 Å². The Bertz CT molecular complexity index is 237. The Kier molecular flexibility index (Phi) is 3.98. The molecule has 0 aromatic carbocycles. The summed E-state index contributed by atoms with van der Waals surface area (Å²) in [5, 5.41) is 0. The highest BCUT2D eigenvalue weighted by atomic mass is 16.2. The van der Waals surface area contributed by atoms with Gasteiger partial charge in [0.05, 0.1) is 5.92 Å². The third-order valence-electron chi connectivity index (χ3n) is 2.66. The molecule has 0 aliphatic heterocycles. The molecule has 0 unspecified atom stereocenters. The first kappa shape index (κ1) is 11.1. The van der Waals surface area contributed by atoms with Gasteiger partial charge in [0, 0.05) is 19.3 Å². The molecule has 1 aliphatic rings. The van der Waals surface area contributed by atoms with Gasteiger partial charge in [0.1, 0.15) is 17.3 Å². The van der Waals surface area contributed by atoms with E-state index in [2.05, 4.69) is 0 Å². The molecule has 1 rings (SSSR count). The van der Waals surface area contributed by atoms with E-state index < -0.39 is 5.92 Å². The van der Waals surface area contributed by atoms with Crippen LogP contribution in [0.15, 0.2) is 0 Å². The number of hydrogen-bond donors (Lipinski definition) is 0. The molecule has 1 fully saturated rings. The standard InChI is InChI=1S/C11H16O3/c1-8(12)6-7-9-10(13)4-2-3-5-11(9)14/h9H,2-7H2,1H3. The smallest absolute Gasteiger partial charge is 0.143 e. The first-order valence-corrected chi connectivity index (χ1v) is 5.16. The van der Waals surface area contributed by atoms with Crippen LogP contribution < -0.4 is 0 Å². The molecule has 0 spiro atoms. The van der Waals surface area contributed by atoms with Crippen LogP contribution >= 0.6 is 0 Å². The van der Waals surface area contributed by atoms with Gasteiger partial charge in [-0.05, 0) is 26.2 Å². The summed E-state index contributed by atoms with van der Waals surface area (Å²) in [7, 11) is 0. The van der Waals surface area contributed by atoms with Gasteiger partial charge < -0.3 is 4.79 Å². The summed E-state index contributed by atoms with van der Waals surface area (Å²) < 4.78 is 0. The Morgan fingerprint density at radius 3 is 2.14 bits per heavy atom. The van der Waals surface area contributed by atoms with Gasteiger partial charge >= 0.3 is 0 Å². The summed E-state index contributed by atoms with van der Waals surface area (Å²) in [6, 6.07) is 0. The van der Waals surface area contributed by atoms with Crippen LogP contribution in [0.5, 0.6) is 0 Å². The molecule has 0 amide bonds. The number of carbonyl (C=O) groups excluding carboxylic acids is 3. The van der Waals surface area contributed by atoms with E-state index in [0.717, 1.165) is 12.8 Å². The van der Waals surface area contributed by atoms with Crippen molar-refractivity contribution in [2.45, 2.75) is 45.4 Å². The molecule has 0 bridgehead atoms. The van der Waals surface area contributed by atoms with Gasteiger partial charge in [0.25, 0.3) is 0 Å². The predicted octanol–water partition coefficient (Wildman–Crippen LogP) is 1.68. The van der Waals surface area contributed by atoms with Crippen molar-refractivity contribution in [3.05, 3.63) is 0 Å². The van der Waals surface area contributed by atoms with Crippen molar-refractivity contribution in [1.82, 2.24) is 0 Å². The highest BCUT2D eigenvalue weighted by Gasteiger charge is 2.27. The zero-order valence-corrected chi connectivity index (χ0v) is 8.54. The molecule has 14 heavy (non-hydrogen) atoms. The topological polar surface area (TPSA) is 51.2 Å². The lowest BCUT2D eigenvalue weighted by molar-refractivity contribution is -0.132. The second-order valence-corrected chi connectivity index (χ2v) is 3.93. The normalized spacial score (nSPS) is 19.5. The van der Waals surface area contributed by atoms with Crippen LogP contribution in [0.2, 0.25) is 0 Å². The summed E-state index contributed by atoms with van der Waals surface area (Å²) in [6.45, 7) is 1.49. The fourth-order valence-corrected chi connectivity index (χ4v) is 1.80. The summed E-state index contributed by atoms with van der Waals surface area (Å²) in [5.41, 5.74) is 0. The van der Waals surface area contributed by atoms with E-state index in [1.165, 1.54) is 6.92 Å². The summed E-state index contributed by atoms with van der Waals surface area (Å²) in [6.07, 6.45) is 3.43. The average molecular weight is 196 g/mol. The zero-order chi connectivity index (χ0) is 10.6. The highest BCUT2D eigenvalue weighted by molar-refractivity contribution is 6.03. The number of ketones is 3. The average Bonchev–Trinajstić information content (AvgIpc) is 2.25. The molecule has 1 aliphatic carbocycles. The van der Waals surface area contributed by atoms with Crippen molar-refractivity contribution in [2.24, 2.45) is 5.92 Å². The summed E-state index contributed by atoms with van der Waals surface area (Å²) in [4.78, 5) is 33.8. The molecule has 1 saturated carbocycles. The number of hydrogen-bond acceptors (Lipinski definition) is 3. The summed E-state index contributed by atoms with van der Waals surface area (Å²) in [5.74, 6) is -0.362. The van der Waals surface area contributed by atoms with Gasteiger partial charge in [-0.15, -0.1) is 0 Å². The monoisotopic (exact) mass is 196 g/mol. The van der Waals surface area contributed by atoms with Crippen molar-refractivity contribution < 1.29 is 14.4 Å². The molecule has 0 radical (unpaired) electrons. The molecular weight excluding hydrogens is 180 g/mol. The van der Waals surface area contributed by atoms with E-state index in [1.54, 1.807) is 0 Å². The predicted molar refractivity (Wildman–Crippen MR) is 51.9 cm³/mol. The maximum Gasteiger partial charge on any atom is 0.143 e. The molecule has 0 atom stereocenters. The fraction of sp³-hybridized carbons (Fsp3) is 0.727. The van der Waals surface area contributed by atoms with Crippen LogP contribution in [0, 0.1) is 5.92 Å². The molecule has 0 N–H and O–H groups in total. The second kappa shape index (κ2) is 5.03. The molecule has 0 aromatic rings. The molecule has 3 nitrogen and oxygen atoms in total. The van der Waals surface area contributed by atoms with Crippen molar-refractivity contribution in [2.75, 3.05) is 0 Å². The first-order chi connectivity index (χ1) is 6.61. The van der Waals surface area contributed by atoms with Crippen molar-refractivity contribution in [1.29, 1.82) is 0 Å². The lowest BCUT2D eigenvalue weighted by Crippen LogP contribution is -2.22. The summed E-state index contributed by atoms with van der Waals surface area (Å²) >= 11 is 0. The first-order valence-electron chi connectivity index (χ1n) is 5.16. The van der Waals surface area contributed by atoms with E-state index in [0.29, 0.717) is 25.7 Å². The molecule has 78 valence electrons. The molecule has 0 saturated heterocycles. The van der Waals surface area contributed by atoms with Crippen molar-refractivity contribution in [3.8, 4) is 0 Å². The van der Waals surface area contributed by atoms with Gasteiger partial charge in [0.2, 0.25) is 0 Å². The van der Waals surface area contributed by atoms with E-state index in [9.17, 15) is 14.4 Å². The minimum absolute atomic E-state index is 0.0359. The number of Topliss-reactive ketones (excluding diaryl/α,β-unsaturated/α-hetero) is 3. The minimum atomic E-state index is -0.485. The van der Waals surface area contributed by atoms with E-state index in [-0.39, 0.29) is 17.3 Å². The maximum atomic E-state index is 11.5. The molecule has 3 heteroatoms. The van der Waals surface area contributed by atoms with Crippen LogP contribution in [0.3, 0.4) is 0 Å². The fourth-order valence-electron chi connectivity index (χ4n) is 1.80. The van der Waals surface area contributed by atoms with E-state index in [1.807, 2.05) is 0 Å². The Balaban J connectivity index is 2.56. The Morgan fingerprint density at radius 2 is 1.71 bits per heavy atom. The number of rotatable bonds is 3. The van der Waals surface area contributed by atoms with Gasteiger partial charge in [0.15, 0.2) is 0 Å². The van der Waals surface area contributed by atoms with E-state index in [4.69, 9.17) is 0 Å². The zero-order valence-electron chi connectivity index (χ0n) is 8.54. The van der Waals surface area contributed by atoms with Crippen molar-refractivity contribution >= 4 is 17.3 Å². The minimum Gasteiger partial charge on any atom is -0.300 e. The Morgan fingerprint density at radius 1 is 1.21 bits per heavy atom. The molecule has 0 heterocycles. The van der Waals surface area contributed by atoms with Crippen LogP contribution in [-0.2, 0) is 14.4 Å². The van der Waals surface area contributed by atoms with Gasteiger partial charge in [-0.1, -0.05) is 0 Å². The van der Waals surface area contributed by atoms with Crippen LogP contribution in [0.25, 0.3) is 0 Å². The third kappa shape index (κ3) is 3.05. The Hall–Kier alpha value is -0.990. The van der Waals surface area contributed by atoms with Gasteiger partial charge in [-0.25, -0.2) is 0 Å². The SMILES string of the molecule is CC(=O)CCC1C(=O)CCCCC1=O. The second-order valence-electron chi connectivity index (χ2n) is 3.93. The largest absolute Gasteiger partial charge is 0.300 e. The molecule has 0 aromatic heterocycles. The highest BCUT2D eigenvalue weighted by Crippen LogP contribution is 2.21. The van der Waals surface area contributed by atoms with Crippen molar-refractivity contribution in [3.63, 3.8) is 0 Å².